The van der Waals surface area contributed by atoms with Crippen LogP contribution in [0.3, 0.4) is 0 Å². The van der Waals surface area contributed by atoms with Crippen molar-refractivity contribution in [3.05, 3.63) is 96.7 Å². The van der Waals surface area contributed by atoms with E-state index in [1.807, 2.05) is 72.8 Å². The van der Waals surface area contributed by atoms with Gasteiger partial charge in [-0.1, -0.05) is 67.3 Å². The van der Waals surface area contributed by atoms with Gasteiger partial charge >= 0.3 is 5.97 Å². The Balaban J connectivity index is 1.40. The standard InChI is InChI=1S/C29H23N5O3/c1-2-17-36-29(35)25-23-9-5-6-10-24(23)30-26(19-11-12-19)27(25)37-20-15-13-18(14-16-20)21-7-3-4-8-22(21)28-31-33-34-32-28/h2-10,13-16,19H,1,11-12,17H2,(H,31,32,33,34). The number of tetrazole rings is 1. The van der Waals surface area contributed by atoms with Gasteiger partial charge in [0.15, 0.2) is 5.75 Å². The van der Waals surface area contributed by atoms with E-state index in [2.05, 4.69) is 27.2 Å². The van der Waals surface area contributed by atoms with Gasteiger partial charge in [0.25, 0.3) is 0 Å². The predicted octanol–water partition coefficient (Wildman–Crippen LogP) is 6.09. The maximum absolute atomic E-state index is 13.2. The second-order valence-corrected chi connectivity index (χ2v) is 8.79. The summed E-state index contributed by atoms with van der Waals surface area (Å²) in [6.45, 7) is 3.77. The average Bonchev–Trinajstić information content (AvgIpc) is 3.64. The van der Waals surface area contributed by atoms with E-state index in [0.29, 0.717) is 28.3 Å². The Morgan fingerprint density at radius 1 is 1.00 bits per heavy atom. The molecule has 6 rings (SSSR count). The van der Waals surface area contributed by atoms with Gasteiger partial charge in [-0.15, -0.1) is 10.2 Å². The number of benzene rings is 3. The molecule has 0 atom stereocenters. The number of H-pyrrole nitrogens is 1. The summed E-state index contributed by atoms with van der Waals surface area (Å²) >= 11 is 0. The number of fused-ring (bicyclic) bond motifs is 1. The van der Waals surface area contributed by atoms with E-state index < -0.39 is 5.97 Å². The van der Waals surface area contributed by atoms with Gasteiger partial charge < -0.3 is 9.47 Å². The van der Waals surface area contributed by atoms with Gasteiger partial charge in [0.05, 0.1) is 11.2 Å². The van der Waals surface area contributed by atoms with Crippen molar-refractivity contribution in [3.63, 3.8) is 0 Å². The molecule has 8 heteroatoms. The number of nitrogens with zero attached hydrogens (tertiary/aromatic N) is 4. The van der Waals surface area contributed by atoms with E-state index in [0.717, 1.165) is 40.7 Å². The van der Waals surface area contributed by atoms with E-state index >= 15 is 0 Å². The van der Waals surface area contributed by atoms with Crippen LogP contribution in [0, 0.1) is 0 Å². The van der Waals surface area contributed by atoms with Crippen molar-refractivity contribution in [1.29, 1.82) is 0 Å². The molecular weight excluding hydrogens is 466 g/mol. The molecule has 37 heavy (non-hydrogen) atoms. The van der Waals surface area contributed by atoms with Crippen molar-refractivity contribution in [1.82, 2.24) is 25.6 Å². The van der Waals surface area contributed by atoms with Gasteiger partial charge in [0, 0.05) is 16.9 Å². The highest BCUT2D eigenvalue weighted by Crippen LogP contribution is 2.47. The molecule has 2 aromatic heterocycles. The predicted molar refractivity (Wildman–Crippen MR) is 139 cm³/mol. The summed E-state index contributed by atoms with van der Waals surface area (Å²) in [6.07, 6.45) is 3.57. The number of hydrogen-bond acceptors (Lipinski definition) is 7. The average molecular weight is 490 g/mol. The third-order valence-electron chi connectivity index (χ3n) is 6.27. The molecule has 3 aromatic carbocycles. The minimum Gasteiger partial charge on any atom is -0.458 e. The fourth-order valence-corrected chi connectivity index (χ4v) is 4.39. The molecular formula is C29H23N5O3. The van der Waals surface area contributed by atoms with Crippen LogP contribution in [0.25, 0.3) is 33.4 Å². The van der Waals surface area contributed by atoms with Gasteiger partial charge in [0.2, 0.25) is 5.82 Å². The van der Waals surface area contributed by atoms with Crippen LogP contribution < -0.4 is 4.74 Å². The summed E-state index contributed by atoms with van der Waals surface area (Å²) in [5.74, 6) is 1.37. The lowest BCUT2D eigenvalue weighted by Crippen LogP contribution is -2.10. The van der Waals surface area contributed by atoms with Gasteiger partial charge in [-0.05, 0) is 47.4 Å². The molecule has 0 bridgehead atoms. The maximum Gasteiger partial charge on any atom is 0.343 e. The number of rotatable bonds is 8. The number of ether oxygens (including phenoxy) is 2. The molecule has 2 heterocycles. The van der Waals surface area contributed by atoms with Gasteiger partial charge in [-0.3, -0.25) is 0 Å². The molecule has 1 N–H and O–H groups in total. The molecule has 0 spiro atoms. The van der Waals surface area contributed by atoms with Crippen LogP contribution in [0.15, 0.2) is 85.5 Å². The molecule has 182 valence electrons. The van der Waals surface area contributed by atoms with E-state index in [4.69, 9.17) is 14.5 Å². The number of pyridine rings is 1. The summed E-state index contributed by atoms with van der Waals surface area (Å²) in [4.78, 5) is 18.1. The molecule has 0 unspecified atom stereocenters. The van der Waals surface area contributed by atoms with Crippen molar-refractivity contribution in [2.24, 2.45) is 0 Å². The zero-order valence-corrected chi connectivity index (χ0v) is 19.9. The fraction of sp³-hybridized carbons (Fsp3) is 0.138. The number of carbonyl (C=O) groups is 1. The highest BCUT2D eigenvalue weighted by Gasteiger charge is 2.33. The molecule has 1 aliphatic rings. The Hall–Kier alpha value is -4.85. The molecule has 8 nitrogen and oxygen atoms in total. The molecule has 0 saturated heterocycles. The van der Waals surface area contributed by atoms with Crippen LogP contribution in [0.2, 0.25) is 0 Å². The van der Waals surface area contributed by atoms with Crippen LogP contribution in [0.1, 0.15) is 34.8 Å². The van der Waals surface area contributed by atoms with E-state index in [-0.39, 0.29) is 12.5 Å². The third-order valence-corrected chi connectivity index (χ3v) is 6.27. The highest BCUT2D eigenvalue weighted by molar-refractivity contribution is 6.06. The highest BCUT2D eigenvalue weighted by atomic mass is 16.5. The fourth-order valence-electron chi connectivity index (χ4n) is 4.39. The molecule has 0 aliphatic heterocycles. The lowest BCUT2D eigenvalue weighted by Gasteiger charge is -2.17. The Morgan fingerprint density at radius 2 is 1.76 bits per heavy atom. The van der Waals surface area contributed by atoms with Crippen molar-refractivity contribution in [3.8, 4) is 34.0 Å². The largest absolute Gasteiger partial charge is 0.458 e. The maximum atomic E-state index is 13.2. The second kappa shape index (κ2) is 9.66. The van der Waals surface area contributed by atoms with E-state index in [1.54, 1.807) is 6.08 Å². The van der Waals surface area contributed by atoms with Crippen LogP contribution in [-0.2, 0) is 4.74 Å². The molecule has 0 amide bonds. The minimum atomic E-state index is -0.457. The third kappa shape index (κ3) is 4.45. The Kier molecular flexibility index (Phi) is 5.90. The lowest BCUT2D eigenvalue weighted by molar-refractivity contribution is 0.0549. The van der Waals surface area contributed by atoms with E-state index in [9.17, 15) is 4.79 Å². The van der Waals surface area contributed by atoms with Crippen LogP contribution in [-0.4, -0.2) is 38.2 Å². The molecule has 0 radical (unpaired) electrons. The smallest absolute Gasteiger partial charge is 0.343 e. The van der Waals surface area contributed by atoms with Gasteiger partial charge in [0.1, 0.15) is 17.9 Å². The normalized spacial score (nSPS) is 12.9. The summed E-state index contributed by atoms with van der Waals surface area (Å²) in [5.41, 5.74) is 4.73. The number of aromatic nitrogens is 5. The first-order chi connectivity index (χ1) is 18.2. The minimum absolute atomic E-state index is 0.113. The van der Waals surface area contributed by atoms with E-state index in [1.165, 1.54) is 0 Å². The number of carbonyl (C=O) groups excluding carboxylic acids is 1. The molecule has 1 saturated carbocycles. The zero-order valence-electron chi connectivity index (χ0n) is 19.9. The van der Waals surface area contributed by atoms with Crippen molar-refractivity contribution < 1.29 is 14.3 Å². The number of nitrogens with one attached hydrogen (secondary N) is 1. The SMILES string of the molecule is C=CCOC(=O)c1c(Oc2ccc(-c3ccccc3-c3nn[nH]n3)cc2)c(C2CC2)nc2ccccc12. The Labute approximate surface area is 213 Å². The molecule has 5 aromatic rings. The van der Waals surface area contributed by atoms with Crippen molar-refractivity contribution in [2.75, 3.05) is 6.61 Å². The Morgan fingerprint density at radius 3 is 2.49 bits per heavy atom. The summed E-state index contributed by atoms with van der Waals surface area (Å²) in [7, 11) is 0. The second-order valence-electron chi connectivity index (χ2n) is 8.79. The Bertz CT molecular complexity index is 1590. The topological polar surface area (TPSA) is 103 Å². The number of esters is 1. The van der Waals surface area contributed by atoms with Crippen molar-refractivity contribution in [2.45, 2.75) is 18.8 Å². The molecule has 1 aliphatic carbocycles. The van der Waals surface area contributed by atoms with Crippen molar-refractivity contribution >= 4 is 16.9 Å². The number of aromatic amines is 1. The summed E-state index contributed by atoms with van der Waals surface area (Å²) < 4.78 is 11.9. The number of hydrogen-bond donors (Lipinski definition) is 1. The monoisotopic (exact) mass is 489 g/mol. The first-order valence-corrected chi connectivity index (χ1v) is 12.0. The van der Waals surface area contributed by atoms with Crippen LogP contribution in [0.4, 0.5) is 0 Å². The van der Waals surface area contributed by atoms with Gasteiger partial charge in [-0.2, -0.15) is 5.21 Å². The van der Waals surface area contributed by atoms with Crippen LogP contribution in [0.5, 0.6) is 11.5 Å². The first-order valence-electron chi connectivity index (χ1n) is 12.0. The molecule has 1 fully saturated rings. The lowest BCUT2D eigenvalue weighted by atomic mass is 9.99. The summed E-state index contributed by atoms with van der Waals surface area (Å²) in [6, 6.07) is 23.1. The number of para-hydroxylation sites is 1. The van der Waals surface area contributed by atoms with Crippen LogP contribution >= 0.6 is 0 Å². The first kappa shape index (κ1) is 22.6. The van der Waals surface area contributed by atoms with Gasteiger partial charge in [-0.25, -0.2) is 9.78 Å². The quantitative estimate of drug-likeness (QED) is 0.208. The summed E-state index contributed by atoms with van der Waals surface area (Å²) in [5, 5.41) is 15.1. The zero-order chi connectivity index (χ0) is 25.2.